The van der Waals surface area contributed by atoms with Gasteiger partial charge in [-0.05, 0) is 66.8 Å². The molecule has 4 rings (SSSR count). The molecule has 4 nitrogen and oxygen atoms in total. The number of amides is 1. The van der Waals surface area contributed by atoms with Crippen LogP contribution in [0.3, 0.4) is 0 Å². The van der Waals surface area contributed by atoms with Crippen molar-refractivity contribution in [1.82, 2.24) is 4.98 Å². The second kappa shape index (κ2) is 7.39. The van der Waals surface area contributed by atoms with Gasteiger partial charge in [0.1, 0.15) is 5.69 Å². The predicted octanol–water partition coefficient (Wildman–Crippen LogP) is 4.29. The lowest BCUT2D eigenvalue weighted by molar-refractivity contribution is 0.102. The van der Waals surface area contributed by atoms with Gasteiger partial charge in [0, 0.05) is 23.0 Å². The fourth-order valence-electron chi connectivity index (χ4n) is 2.98. The molecule has 0 bridgehead atoms. The van der Waals surface area contributed by atoms with Gasteiger partial charge in [-0.25, -0.2) is 4.98 Å². The molecule has 1 saturated carbocycles. The maximum Gasteiger partial charge on any atom is 0.255 e. The number of nitrogens with one attached hydrogen (secondary N) is 1. The van der Waals surface area contributed by atoms with Crippen LogP contribution in [0, 0.1) is 23.2 Å². The molecule has 0 radical (unpaired) electrons. The van der Waals surface area contributed by atoms with Crippen LogP contribution in [0.5, 0.6) is 0 Å². The average Bonchev–Trinajstić information content (AvgIpc) is 3.55. The third-order valence-corrected chi connectivity index (χ3v) is 4.78. The molecular weight excluding hydrogens is 346 g/mol. The van der Waals surface area contributed by atoms with Crippen LogP contribution in [0.25, 0.3) is 0 Å². The summed E-state index contributed by atoms with van der Waals surface area (Å²) < 4.78 is 0. The van der Waals surface area contributed by atoms with Gasteiger partial charge in [0.05, 0.1) is 11.5 Å². The first-order valence-electron chi connectivity index (χ1n) is 9.05. The van der Waals surface area contributed by atoms with Crippen molar-refractivity contribution in [2.24, 2.45) is 0 Å². The van der Waals surface area contributed by atoms with Crippen molar-refractivity contribution in [2.75, 3.05) is 5.32 Å². The largest absolute Gasteiger partial charge is 0.322 e. The second-order valence-corrected chi connectivity index (χ2v) is 6.77. The molecule has 1 N–H and O–H groups in total. The van der Waals surface area contributed by atoms with Crippen molar-refractivity contribution in [3.05, 3.63) is 95.3 Å². The van der Waals surface area contributed by atoms with Gasteiger partial charge in [0.15, 0.2) is 0 Å². The zero-order valence-corrected chi connectivity index (χ0v) is 15.1. The number of nitriles is 1. The summed E-state index contributed by atoms with van der Waals surface area (Å²) in [5.41, 5.74) is 3.38. The molecule has 1 aliphatic carbocycles. The summed E-state index contributed by atoms with van der Waals surface area (Å²) in [4.78, 5) is 16.7. The van der Waals surface area contributed by atoms with Crippen LogP contribution in [0.2, 0.25) is 0 Å². The Morgan fingerprint density at radius 2 is 1.82 bits per heavy atom. The van der Waals surface area contributed by atoms with Crippen LogP contribution in [0.4, 0.5) is 5.69 Å². The normalized spacial score (nSPS) is 13.5. The van der Waals surface area contributed by atoms with Crippen molar-refractivity contribution in [1.29, 1.82) is 5.26 Å². The quantitative estimate of drug-likeness (QED) is 0.706. The lowest BCUT2D eigenvalue weighted by Gasteiger charge is -2.09. The molecule has 1 aromatic heterocycles. The van der Waals surface area contributed by atoms with Gasteiger partial charge in [0.2, 0.25) is 0 Å². The number of hydrogen-bond donors (Lipinski definition) is 1. The van der Waals surface area contributed by atoms with E-state index in [1.165, 1.54) is 0 Å². The molecule has 0 unspecified atom stereocenters. The minimum atomic E-state index is -0.338. The van der Waals surface area contributed by atoms with E-state index in [-0.39, 0.29) is 11.3 Å². The van der Waals surface area contributed by atoms with Crippen molar-refractivity contribution in [3.63, 3.8) is 0 Å². The molecular formula is C24H17N3O. The Bertz CT molecular complexity index is 1110. The van der Waals surface area contributed by atoms with E-state index in [0.717, 1.165) is 24.0 Å². The van der Waals surface area contributed by atoms with Crippen molar-refractivity contribution < 1.29 is 4.79 Å². The van der Waals surface area contributed by atoms with Crippen LogP contribution in [0.15, 0.2) is 72.9 Å². The molecule has 1 aliphatic rings. The summed E-state index contributed by atoms with van der Waals surface area (Å²) in [7, 11) is 0. The van der Waals surface area contributed by atoms with Crippen LogP contribution >= 0.6 is 0 Å². The molecule has 2 aromatic carbocycles. The predicted molar refractivity (Wildman–Crippen MR) is 108 cm³/mol. The van der Waals surface area contributed by atoms with Crippen LogP contribution in [-0.2, 0) is 5.41 Å². The Kier molecular flexibility index (Phi) is 4.62. The minimum Gasteiger partial charge on any atom is -0.322 e. The van der Waals surface area contributed by atoms with Gasteiger partial charge in [-0.15, -0.1) is 0 Å². The van der Waals surface area contributed by atoms with Crippen LogP contribution in [-0.4, -0.2) is 10.9 Å². The molecule has 3 aromatic rings. The third-order valence-electron chi connectivity index (χ3n) is 4.78. The van der Waals surface area contributed by atoms with Gasteiger partial charge in [-0.1, -0.05) is 30.2 Å². The molecule has 1 heterocycles. The molecule has 0 aliphatic heterocycles. The summed E-state index contributed by atoms with van der Waals surface area (Å²) in [6.45, 7) is 0. The standard InChI is InChI=1S/C24H17N3O/c25-17-24(13-14-24)20-10-8-19(9-11-20)23(28)27-22-6-3-4-18(16-22)7-12-21-5-1-2-15-26-21/h1-6,8-11,15-16H,13-14H2,(H,27,28). The number of carbonyl (C=O) groups excluding carboxylic acids is 1. The lowest BCUT2D eigenvalue weighted by Crippen LogP contribution is -2.12. The first kappa shape index (κ1) is 17.5. The molecule has 134 valence electrons. The van der Waals surface area contributed by atoms with E-state index in [4.69, 9.17) is 0 Å². The fourth-order valence-corrected chi connectivity index (χ4v) is 2.98. The fraction of sp³-hybridized carbons (Fsp3) is 0.125. The highest BCUT2D eigenvalue weighted by Crippen LogP contribution is 2.47. The number of rotatable bonds is 3. The Labute approximate surface area is 163 Å². The summed E-state index contributed by atoms with van der Waals surface area (Å²) in [6.07, 6.45) is 3.48. The van der Waals surface area contributed by atoms with Crippen LogP contribution in [0.1, 0.15) is 40.0 Å². The van der Waals surface area contributed by atoms with Crippen LogP contribution < -0.4 is 5.32 Å². The first-order chi connectivity index (χ1) is 13.7. The second-order valence-electron chi connectivity index (χ2n) is 6.77. The first-order valence-corrected chi connectivity index (χ1v) is 9.05. The molecule has 28 heavy (non-hydrogen) atoms. The van der Waals surface area contributed by atoms with E-state index in [1.54, 1.807) is 18.3 Å². The minimum absolute atomic E-state index is 0.191. The smallest absolute Gasteiger partial charge is 0.255 e. The van der Waals surface area contributed by atoms with E-state index in [2.05, 4.69) is 28.2 Å². The summed E-state index contributed by atoms with van der Waals surface area (Å²) >= 11 is 0. The van der Waals surface area contributed by atoms with Crippen molar-refractivity contribution in [3.8, 4) is 17.9 Å². The van der Waals surface area contributed by atoms with Gasteiger partial charge >= 0.3 is 0 Å². The Balaban J connectivity index is 1.46. The highest BCUT2D eigenvalue weighted by Gasteiger charge is 2.44. The maximum atomic E-state index is 12.5. The molecule has 0 spiro atoms. The number of pyridine rings is 1. The summed E-state index contributed by atoms with van der Waals surface area (Å²) in [5, 5.41) is 12.2. The van der Waals surface area contributed by atoms with E-state index in [0.29, 0.717) is 16.9 Å². The summed E-state index contributed by atoms with van der Waals surface area (Å²) in [6, 6.07) is 22.6. The van der Waals surface area contributed by atoms with Crippen molar-refractivity contribution >= 4 is 11.6 Å². The van der Waals surface area contributed by atoms with E-state index < -0.39 is 0 Å². The van der Waals surface area contributed by atoms with Crippen molar-refractivity contribution in [2.45, 2.75) is 18.3 Å². The number of carbonyl (C=O) groups is 1. The molecule has 1 amide bonds. The lowest BCUT2D eigenvalue weighted by atomic mass is 9.96. The van der Waals surface area contributed by atoms with Gasteiger partial charge in [-0.2, -0.15) is 5.26 Å². The van der Waals surface area contributed by atoms with Gasteiger partial charge < -0.3 is 5.32 Å². The highest BCUT2D eigenvalue weighted by molar-refractivity contribution is 6.04. The average molecular weight is 363 g/mol. The number of benzene rings is 2. The topological polar surface area (TPSA) is 65.8 Å². The SMILES string of the molecule is N#CC1(c2ccc(C(=O)Nc3cccc(C#Cc4ccccn4)c3)cc2)CC1. The Hall–Kier alpha value is -3.89. The van der Waals surface area contributed by atoms with E-state index >= 15 is 0 Å². The molecule has 1 fully saturated rings. The number of nitrogens with zero attached hydrogens (tertiary/aromatic N) is 2. The number of hydrogen-bond acceptors (Lipinski definition) is 3. The monoisotopic (exact) mass is 363 g/mol. The summed E-state index contributed by atoms with van der Waals surface area (Å²) in [5.74, 6) is 5.87. The molecule has 4 heteroatoms. The van der Waals surface area contributed by atoms with Gasteiger partial charge in [0.25, 0.3) is 5.91 Å². The highest BCUT2D eigenvalue weighted by atomic mass is 16.1. The van der Waals surface area contributed by atoms with E-state index in [1.807, 2.05) is 54.6 Å². The number of aromatic nitrogens is 1. The number of anilines is 1. The molecule has 0 atom stereocenters. The molecule has 0 saturated heterocycles. The van der Waals surface area contributed by atoms with E-state index in [9.17, 15) is 10.1 Å². The maximum absolute atomic E-state index is 12.5. The van der Waals surface area contributed by atoms with Gasteiger partial charge in [-0.3, -0.25) is 4.79 Å². The Morgan fingerprint density at radius 1 is 1.00 bits per heavy atom. The zero-order chi connectivity index (χ0) is 19.4. The zero-order valence-electron chi connectivity index (χ0n) is 15.1. The Morgan fingerprint density at radius 3 is 2.50 bits per heavy atom. The third kappa shape index (κ3) is 3.77.